The van der Waals surface area contributed by atoms with E-state index in [4.69, 9.17) is 17.3 Å². The Balaban J connectivity index is 2.26. The smallest absolute Gasteiger partial charge is 0.152 e. The van der Waals surface area contributed by atoms with Gasteiger partial charge < -0.3 is 10.6 Å². The van der Waals surface area contributed by atoms with Gasteiger partial charge in [0.25, 0.3) is 0 Å². The van der Waals surface area contributed by atoms with Crippen molar-refractivity contribution in [2.45, 2.75) is 0 Å². The lowest BCUT2D eigenvalue weighted by Gasteiger charge is -2.34. The van der Waals surface area contributed by atoms with Gasteiger partial charge in [0.05, 0.1) is 10.7 Å². The Morgan fingerprint density at radius 2 is 2.23 bits per heavy atom. The molecule has 13 heavy (non-hydrogen) atoms. The molecular formula is C9H10ClN3. The van der Waals surface area contributed by atoms with E-state index < -0.39 is 0 Å². The highest BCUT2D eigenvalue weighted by molar-refractivity contribution is 6.30. The summed E-state index contributed by atoms with van der Waals surface area (Å²) < 4.78 is 0. The summed E-state index contributed by atoms with van der Waals surface area (Å²) in [4.78, 5) is 6.23. The van der Waals surface area contributed by atoms with Crippen molar-refractivity contribution in [1.82, 2.24) is 4.98 Å². The van der Waals surface area contributed by atoms with E-state index in [9.17, 15) is 0 Å². The van der Waals surface area contributed by atoms with Crippen LogP contribution in [0.3, 0.4) is 0 Å². The van der Waals surface area contributed by atoms with Gasteiger partial charge in [-0.25, -0.2) is 4.98 Å². The molecule has 1 saturated heterocycles. The van der Waals surface area contributed by atoms with E-state index in [1.165, 1.54) is 5.57 Å². The molecule has 0 unspecified atom stereocenters. The van der Waals surface area contributed by atoms with Gasteiger partial charge >= 0.3 is 0 Å². The zero-order valence-electron chi connectivity index (χ0n) is 7.13. The number of halogens is 1. The second kappa shape index (κ2) is 2.92. The molecule has 1 aromatic heterocycles. The highest BCUT2D eigenvalue weighted by atomic mass is 35.5. The minimum atomic E-state index is 0.570. The fraction of sp³-hybridized carbons (Fsp3) is 0.222. The van der Waals surface area contributed by atoms with Crippen molar-refractivity contribution in [1.29, 1.82) is 0 Å². The number of anilines is 2. The minimum absolute atomic E-state index is 0.570. The molecule has 2 N–H and O–H groups in total. The molecule has 1 aromatic rings. The van der Waals surface area contributed by atoms with E-state index in [1.807, 2.05) is 0 Å². The molecule has 0 atom stereocenters. The zero-order valence-corrected chi connectivity index (χ0v) is 7.88. The first-order valence-electron chi connectivity index (χ1n) is 3.99. The van der Waals surface area contributed by atoms with Crippen molar-refractivity contribution >= 4 is 23.1 Å². The Hall–Kier alpha value is -1.22. The van der Waals surface area contributed by atoms with Gasteiger partial charge in [-0.1, -0.05) is 18.2 Å². The summed E-state index contributed by atoms with van der Waals surface area (Å²) in [5.41, 5.74) is 7.59. The van der Waals surface area contributed by atoms with Gasteiger partial charge in [0, 0.05) is 19.3 Å². The third-order valence-electron chi connectivity index (χ3n) is 1.99. The first-order chi connectivity index (χ1) is 6.16. The lowest BCUT2D eigenvalue weighted by atomic mass is 10.1. The summed E-state index contributed by atoms with van der Waals surface area (Å²) in [7, 11) is 0. The molecule has 68 valence electrons. The van der Waals surface area contributed by atoms with E-state index >= 15 is 0 Å². The molecule has 4 heteroatoms. The van der Waals surface area contributed by atoms with Crippen LogP contribution in [0, 0.1) is 0 Å². The Morgan fingerprint density at radius 3 is 2.77 bits per heavy atom. The zero-order chi connectivity index (χ0) is 9.42. The van der Waals surface area contributed by atoms with E-state index in [1.54, 1.807) is 12.3 Å². The van der Waals surface area contributed by atoms with Crippen LogP contribution in [-0.2, 0) is 0 Å². The molecule has 0 bridgehead atoms. The van der Waals surface area contributed by atoms with Crippen LogP contribution in [0.25, 0.3) is 0 Å². The van der Waals surface area contributed by atoms with Crippen LogP contribution in [0.5, 0.6) is 0 Å². The summed E-state index contributed by atoms with van der Waals surface area (Å²) in [6.45, 7) is 5.54. The van der Waals surface area contributed by atoms with Gasteiger partial charge in [-0.3, -0.25) is 0 Å². The quantitative estimate of drug-likeness (QED) is 0.694. The van der Waals surface area contributed by atoms with Crippen molar-refractivity contribution < 1.29 is 0 Å². The van der Waals surface area contributed by atoms with Crippen LogP contribution in [0.2, 0.25) is 5.02 Å². The molecule has 0 saturated carbocycles. The maximum absolute atomic E-state index is 5.76. The summed E-state index contributed by atoms with van der Waals surface area (Å²) in [5.74, 6) is 0.803. The van der Waals surface area contributed by atoms with E-state index in [2.05, 4.69) is 16.5 Å². The van der Waals surface area contributed by atoms with Crippen LogP contribution in [-0.4, -0.2) is 18.1 Å². The summed E-state index contributed by atoms with van der Waals surface area (Å²) in [6, 6.07) is 1.71. The Morgan fingerprint density at radius 1 is 1.54 bits per heavy atom. The number of hydrogen-bond donors (Lipinski definition) is 1. The van der Waals surface area contributed by atoms with Gasteiger partial charge in [0.1, 0.15) is 0 Å². The molecule has 3 nitrogen and oxygen atoms in total. The lowest BCUT2D eigenvalue weighted by Crippen LogP contribution is -2.40. The summed E-state index contributed by atoms with van der Waals surface area (Å²) >= 11 is 5.73. The molecule has 2 heterocycles. The summed E-state index contributed by atoms with van der Waals surface area (Å²) in [6.07, 6.45) is 1.61. The number of aromatic nitrogens is 1. The fourth-order valence-electron chi connectivity index (χ4n) is 1.36. The molecule has 1 aliphatic rings. The largest absolute Gasteiger partial charge is 0.396 e. The number of nitrogen functional groups attached to an aromatic ring is 1. The van der Waals surface area contributed by atoms with E-state index in [-0.39, 0.29) is 0 Å². The molecule has 0 aromatic carbocycles. The lowest BCUT2D eigenvalue weighted by molar-refractivity contribution is 0.763. The van der Waals surface area contributed by atoms with Crippen molar-refractivity contribution in [2.24, 2.45) is 0 Å². The molecule has 0 radical (unpaired) electrons. The molecule has 1 aliphatic heterocycles. The standard InChI is InChI=1S/C9H10ClN3/c1-6-4-13(5-6)9-8(11)2-7(10)3-12-9/h2-3H,1,4-5,11H2. The van der Waals surface area contributed by atoms with Crippen molar-refractivity contribution in [3.63, 3.8) is 0 Å². The van der Waals surface area contributed by atoms with Crippen molar-refractivity contribution in [3.05, 3.63) is 29.4 Å². The highest BCUT2D eigenvalue weighted by Crippen LogP contribution is 2.28. The molecule has 1 fully saturated rings. The highest BCUT2D eigenvalue weighted by Gasteiger charge is 2.21. The second-order valence-electron chi connectivity index (χ2n) is 3.17. The first kappa shape index (κ1) is 8.38. The van der Waals surface area contributed by atoms with E-state index in [0.29, 0.717) is 10.7 Å². The fourth-order valence-corrected chi connectivity index (χ4v) is 1.52. The monoisotopic (exact) mass is 195 g/mol. The third-order valence-corrected chi connectivity index (χ3v) is 2.20. The van der Waals surface area contributed by atoms with Gasteiger partial charge in [-0.2, -0.15) is 0 Å². The second-order valence-corrected chi connectivity index (χ2v) is 3.61. The Bertz CT molecular complexity index is 354. The maximum Gasteiger partial charge on any atom is 0.152 e. The molecule has 0 spiro atoms. The average molecular weight is 196 g/mol. The van der Waals surface area contributed by atoms with Crippen molar-refractivity contribution in [3.8, 4) is 0 Å². The molecule has 0 amide bonds. The number of nitrogens with two attached hydrogens (primary N) is 1. The predicted octanol–water partition coefficient (Wildman–Crippen LogP) is 1.69. The first-order valence-corrected chi connectivity index (χ1v) is 4.37. The van der Waals surface area contributed by atoms with Crippen LogP contribution in [0.1, 0.15) is 0 Å². The molecule has 2 rings (SSSR count). The topological polar surface area (TPSA) is 42.2 Å². The number of pyridine rings is 1. The number of rotatable bonds is 1. The van der Waals surface area contributed by atoms with Gasteiger partial charge in [-0.15, -0.1) is 0 Å². The van der Waals surface area contributed by atoms with Crippen LogP contribution in [0.15, 0.2) is 24.4 Å². The minimum Gasteiger partial charge on any atom is -0.396 e. The average Bonchev–Trinajstić information content (AvgIpc) is 2.00. The predicted molar refractivity (Wildman–Crippen MR) is 55.0 cm³/mol. The van der Waals surface area contributed by atoms with E-state index in [0.717, 1.165) is 18.9 Å². The van der Waals surface area contributed by atoms with Gasteiger partial charge in [-0.05, 0) is 11.6 Å². The number of hydrogen-bond acceptors (Lipinski definition) is 3. The molecule has 0 aliphatic carbocycles. The van der Waals surface area contributed by atoms with Crippen LogP contribution in [0.4, 0.5) is 11.5 Å². The van der Waals surface area contributed by atoms with Gasteiger partial charge in [0.15, 0.2) is 5.82 Å². The van der Waals surface area contributed by atoms with Crippen molar-refractivity contribution in [2.75, 3.05) is 23.7 Å². The summed E-state index contributed by atoms with van der Waals surface area (Å²) in [5, 5.41) is 0.570. The Kier molecular flexibility index (Phi) is 1.88. The molecular weight excluding hydrogens is 186 g/mol. The number of nitrogens with zero attached hydrogens (tertiary/aromatic N) is 2. The normalized spacial score (nSPS) is 15.8. The van der Waals surface area contributed by atoms with Crippen LogP contribution < -0.4 is 10.6 Å². The SMILES string of the molecule is C=C1CN(c2ncc(Cl)cc2N)C1. The Labute approximate surface area is 81.8 Å². The maximum atomic E-state index is 5.76. The van der Waals surface area contributed by atoms with Crippen LogP contribution >= 0.6 is 11.6 Å². The third kappa shape index (κ3) is 1.47. The van der Waals surface area contributed by atoms with Gasteiger partial charge in [0.2, 0.25) is 0 Å².